The Kier molecular flexibility index (Phi) is 5.82. The second kappa shape index (κ2) is 8.67. The summed E-state index contributed by atoms with van der Waals surface area (Å²) >= 11 is 7.57. The zero-order valence-electron chi connectivity index (χ0n) is 15.6. The second-order valence-electron chi connectivity index (χ2n) is 6.41. The minimum Gasteiger partial charge on any atom is -0.339 e. The maximum absolute atomic E-state index is 12.2. The van der Waals surface area contributed by atoms with Crippen molar-refractivity contribution in [1.29, 1.82) is 0 Å². The summed E-state index contributed by atoms with van der Waals surface area (Å²) in [5, 5.41) is 8.25. The quantitative estimate of drug-likeness (QED) is 0.412. The zero-order chi connectivity index (χ0) is 20.2. The highest BCUT2D eigenvalue weighted by Gasteiger charge is 2.12. The van der Waals surface area contributed by atoms with Gasteiger partial charge in [-0.2, -0.15) is 4.98 Å². The molecule has 29 heavy (non-hydrogen) atoms. The van der Waals surface area contributed by atoms with E-state index in [1.165, 1.54) is 11.8 Å². The number of H-pyrrole nitrogens is 1. The van der Waals surface area contributed by atoms with Crippen molar-refractivity contribution in [3.63, 3.8) is 0 Å². The second-order valence-corrected chi connectivity index (χ2v) is 7.78. The van der Waals surface area contributed by atoms with Gasteiger partial charge in [0.1, 0.15) is 0 Å². The number of amides is 1. The normalized spacial score (nSPS) is 11.1. The molecule has 7 nitrogen and oxygen atoms in total. The van der Waals surface area contributed by atoms with Gasteiger partial charge in [0.25, 0.3) is 0 Å². The molecule has 0 spiro atoms. The standard InChI is InChI=1S/C20H18ClN5O2S/c1-12-13(21)5-4-8-14(12)22-18(27)9-10-19-25-17(26-28-19)11-29-20-23-15-6-2-3-7-16(15)24-20/h2-8H,9-11H2,1H3,(H,22,27)(H,23,24). The molecule has 0 saturated carbocycles. The predicted octanol–water partition coefficient (Wildman–Crippen LogP) is 4.77. The van der Waals surface area contributed by atoms with Crippen molar-refractivity contribution in [3.8, 4) is 0 Å². The minimum absolute atomic E-state index is 0.133. The molecule has 2 aromatic heterocycles. The van der Waals surface area contributed by atoms with E-state index in [2.05, 4.69) is 25.4 Å². The van der Waals surface area contributed by atoms with Crippen molar-refractivity contribution in [3.05, 3.63) is 64.8 Å². The number of hydrogen-bond acceptors (Lipinski definition) is 6. The highest BCUT2D eigenvalue weighted by molar-refractivity contribution is 7.98. The lowest BCUT2D eigenvalue weighted by Crippen LogP contribution is -2.13. The molecule has 2 heterocycles. The summed E-state index contributed by atoms with van der Waals surface area (Å²) < 4.78 is 5.25. The van der Waals surface area contributed by atoms with E-state index >= 15 is 0 Å². The molecule has 0 atom stereocenters. The maximum atomic E-state index is 12.2. The maximum Gasteiger partial charge on any atom is 0.227 e. The number of aromatic amines is 1. The van der Waals surface area contributed by atoms with Crippen LogP contribution in [0.3, 0.4) is 0 Å². The summed E-state index contributed by atoms with van der Waals surface area (Å²) in [5.74, 6) is 1.39. The molecular weight excluding hydrogens is 410 g/mol. The molecule has 4 aromatic rings. The number of carbonyl (C=O) groups excluding carboxylic acids is 1. The van der Waals surface area contributed by atoms with Crippen LogP contribution in [0.2, 0.25) is 5.02 Å². The molecule has 0 unspecified atom stereocenters. The van der Waals surface area contributed by atoms with Gasteiger partial charge in [0, 0.05) is 23.6 Å². The SMILES string of the molecule is Cc1c(Cl)cccc1NC(=O)CCc1nc(CSc2nc3ccccc3[nH]2)no1. The van der Waals surface area contributed by atoms with Crippen molar-refractivity contribution in [1.82, 2.24) is 20.1 Å². The number of fused-ring (bicyclic) bond motifs is 1. The average Bonchev–Trinajstić information content (AvgIpc) is 3.34. The Bertz CT molecular complexity index is 1120. The number of rotatable bonds is 7. The summed E-state index contributed by atoms with van der Waals surface area (Å²) in [6.07, 6.45) is 0.609. The first-order valence-electron chi connectivity index (χ1n) is 9.02. The van der Waals surface area contributed by atoms with E-state index in [9.17, 15) is 4.79 Å². The Morgan fingerprint density at radius 2 is 2.07 bits per heavy atom. The molecule has 0 aliphatic rings. The first-order valence-corrected chi connectivity index (χ1v) is 10.4. The largest absolute Gasteiger partial charge is 0.339 e. The van der Waals surface area contributed by atoms with Crippen LogP contribution < -0.4 is 5.32 Å². The Labute approximate surface area is 176 Å². The summed E-state index contributed by atoms with van der Waals surface area (Å²) in [6.45, 7) is 1.86. The van der Waals surface area contributed by atoms with Gasteiger partial charge in [0.2, 0.25) is 11.8 Å². The lowest BCUT2D eigenvalue weighted by Gasteiger charge is -2.08. The molecule has 2 aromatic carbocycles. The topological polar surface area (TPSA) is 96.7 Å². The number of benzene rings is 2. The monoisotopic (exact) mass is 427 g/mol. The fourth-order valence-corrected chi connectivity index (χ4v) is 3.66. The number of carbonyl (C=O) groups is 1. The molecule has 0 bridgehead atoms. The van der Waals surface area contributed by atoms with E-state index in [1.807, 2.05) is 37.3 Å². The van der Waals surface area contributed by atoms with E-state index in [0.29, 0.717) is 34.6 Å². The van der Waals surface area contributed by atoms with Gasteiger partial charge in [-0.3, -0.25) is 4.79 Å². The molecule has 0 fully saturated rings. The Morgan fingerprint density at radius 1 is 1.21 bits per heavy atom. The first-order chi connectivity index (χ1) is 14.1. The molecule has 0 aliphatic carbocycles. The summed E-state index contributed by atoms with van der Waals surface area (Å²) in [6, 6.07) is 13.3. The van der Waals surface area contributed by atoms with Crippen molar-refractivity contribution in [2.24, 2.45) is 0 Å². The number of thioether (sulfide) groups is 1. The average molecular weight is 428 g/mol. The number of halogens is 1. The molecular formula is C20H18ClN5O2S. The van der Waals surface area contributed by atoms with Crippen molar-refractivity contribution in [2.45, 2.75) is 30.7 Å². The van der Waals surface area contributed by atoms with Crippen LogP contribution in [0, 0.1) is 6.92 Å². The van der Waals surface area contributed by atoms with Gasteiger partial charge in [-0.1, -0.05) is 46.7 Å². The van der Waals surface area contributed by atoms with E-state index in [1.54, 1.807) is 12.1 Å². The third kappa shape index (κ3) is 4.78. The summed E-state index contributed by atoms with van der Waals surface area (Å²) in [7, 11) is 0. The van der Waals surface area contributed by atoms with Crippen LogP contribution in [-0.2, 0) is 17.0 Å². The van der Waals surface area contributed by atoms with Crippen molar-refractivity contribution < 1.29 is 9.32 Å². The molecule has 148 valence electrons. The summed E-state index contributed by atoms with van der Waals surface area (Å²) in [4.78, 5) is 24.3. The lowest BCUT2D eigenvalue weighted by atomic mass is 10.2. The molecule has 1 amide bonds. The fourth-order valence-electron chi connectivity index (χ4n) is 2.76. The van der Waals surface area contributed by atoms with Crippen molar-refractivity contribution >= 4 is 46.0 Å². The molecule has 4 rings (SSSR count). The van der Waals surface area contributed by atoms with Crippen LogP contribution in [0.1, 0.15) is 23.7 Å². The minimum atomic E-state index is -0.133. The number of imidazole rings is 1. The Morgan fingerprint density at radius 3 is 2.93 bits per heavy atom. The number of aryl methyl sites for hydroxylation is 1. The number of aromatic nitrogens is 4. The van der Waals surface area contributed by atoms with Gasteiger partial charge < -0.3 is 14.8 Å². The number of nitrogens with zero attached hydrogens (tertiary/aromatic N) is 3. The molecule has 0 radical (unpaired) electrons. The predicted molar refractivity (Wildman–Crippen MR) is 113 cm³/mol. The fraction of sp³-hybridized carbons (Fsp3) is 0.200. The number of anilines is 1. The van der Waals surface area contributed by atoms with E-state index in [4.69, 9.17) is 16.1 Å². The Balaban J connectivity index is 1.28. The van der Waals surface area contributed by atoms with Gasteiger partial charge in [0.05, 0.1) is 16.8 Å². The van der Waals surface area contributed by atoms with Gasteiger partial charge in [-0.15, -0.1) is 0 Å². The highest BCUT2D eigenvalue weighted by Crippen LogP contribution is 2.24. The molecule has 0 saturated heterocycles. The van der Waals surface area contributed by atoms with Crippen molar-refractivity contribution in [2.75, 3.05) is 5.32 Å². The van der Waals surface area contributed by atoms with Gasteiger partial charge in [-0.25, -0.2) is 4.98 Å². The van der Waals surface area contributed by atoms with Crippen LogP contribution >= 0.6 is 23.4 Å². The summed E-state index contributed by atoms with van der Waals surface area (Å²) in [5.41, 5.74) is 3.45. The van der Waals surface area contributed by atoms with Crippen LogP contribution in [0.5, 0.6) is 0 Å². The molecule has 9 heteroatoms. The lowest BCUT2D eigenvalue weighted by molar-refractivity contribution is -0.116. The van der Waals surface area contributed by atoms with Crippen LogP contribution in [0.25, 0.3) is 11.0 Å². The number of hydrogen-bond donors (Lipinski definition) is 2. The molecule has 0 aliphatic heterocycles. The number of para-hydroxylation sites is 2. The highest BCUT2D eigenvalue weighted by atomic mass is 35.5. The van der Waals surface area contributed by atoms with Crippen LogP contribution in [-0.4, -0.2) is 26.0 Å². The zero-order valence-corrected chi connectivity index (χ0v) is 17.2. The van der Waals surface area contributed by atoms with E-state index in [0.717, 1.165) is 21.8 Å². The van der Waals surface area contributed by atoms with Gasteiger partial charge in [0.15, 0.2) is 11.0 Å². The van der Waals surface area contributed by atoms with Gasteiger partial charge >= 0.3 is 0 Å². The molecule has 2 N–H and O–H groups in total. The van der Waals surface area contributed by atoms with E-state index < -0.39 is 0 Å². The smallest absolute Gasteiger partial charge is 0.227 e. The third-order valence-corrected chi connectivity index (χ3v) is 5.60. The van der Waals surface area contributed by atoms with Crippen LogP contribution in [0.15, 0.2) is 52.1 Å². The van der Waals surface area contributed by atoms with Gasteiger partial charge in [-0.05, 0) is 36.8 Å². The Hall–Kier alpha value is -2.84. The third-order valence-electron chi connectivity index (χ3n) is 4.32. The first kappa shape index (κ1) is 19.5. The number of nitrogens with one attached hydrogen (secondary N) is 2. The van der Waals surface area contributed by atoms with E-state index in [-0.39, 0.29) is 12.3 Å². The van der Waals surface area contributed by atoms with Crippen LogP contribution in [0.4, 0.5) is 5.69 Å².